The lowest BCUT2D eigenvalue weighted by Gasteiger charge is -2.19. The van der Waals surface area contributed by atoms with Gasteiger partial charge in [0.05, 0.1) is 17.1 Å². The molecule has 1 aliphatic heterocycles. The molecule has 1 aromatic carbocycles. The van der Waals surface area contributed by atoms with Crippen molar-refractivity contribution in [3.63, 3.8) is 0 Å². The summed E-state index contributed by atoms with van der Waals surface area (Å²) >= 11 is 6.10. The van der Waals surface area contributed by atoms with Crippen molar-refractivity contribution in [3.8, 4) is 0 Å². The predicted molar refractivity (Wildman–Crippen MR) is 81.4 cm³/mol. The second-order valence-corrected chi connectivity index (χ2v) is 5.33. The number of carbonyl (C=O) groups excluding carboxylic acids is 2. The molecule has 8 heteroatoms. The summed E-state index contributed by atoms with van der Waals surface area (Å²) in [6, 6.07) is 4.40. The van der Waals surface area contributed by atoms with Gasteiger partial charge in [0.15, 0.2) is 0 Å². The molecule has 1 aromatic rings. The van der Waals surface area contributed by atoms with Crippen LogP contribution in [-0.4, -0.2) is 54.6 Å². The van der Waals surface area contributed by atoms with E-state index in [1.54, 1.807) is 18.2 Å². The van der Waals surface area contributed by atoms with Gasteiger partial charge in [0.1, 0.15) is 0 Å². The smallest absolute Gasteiger partial charge is 0.322 e. The van der Waals surface area contributed by atoms with Crippen LogP contribution in [-0.2, 0) is 4.79 Å². The monoisotopic (exact) mass is 325 g/mol. The molecule has 0 radical (unpaired) electrons. The van der Waals surface area contributed by atoms with Gasteiger partial charge in [0.25, 0.3) is 5.91 Å². The van der Waals surface area contributed by atoms with Crippen molar-refractivity contribution in [2.24, 2.45) is 0 Å². The third-order valence-electron chi connectivity index (χ3n) is 3.35. The lowest BCUT2D eigenvalue weighted by Crippen LogP contribution is -2.30. The Bertz CT molecular complexity index is 620. The molecule has 2 N–H and O–H groups in total. The summed E-state index contributed by atoms with van der Waals surface area (Å²) in [5.74, 6) is -1.29. The first-order valence-corrected chi connectivity index (χ1v) is 7.10. The quantitative estimate of drug-likeness (QED) is 0.856. The summed E-state index contributed by atoms with van der Waals surface area (Å²) in [5, 5.41) is 11.7. The molecule has 0 spiro atoms. The maximum atomic E-state index is 12.3. The number of aliphatic carboxylic acids is 1. The van der Waals surface area contributed by atoms with Gasteiger partial charge in [-0.2, -0.15) is 0 Å². The number of rotatable bonds is 5. The summed E-state index contributed by atoms with van der Waals surface area (Å²) in [5.41, 5.74) is 0.821. The van der Waals surface area contributed by atoms with Gasteiger partial charge < -0.3 is 15.3 Å². The molecule has 1 saturated heterocycles. The summed E-state index contributed by atoms with van der Waals surface area (Å²) < 4.78 is 0. The highest BCUT2D eigenvalue weighted by Crippen LogP contribution is 2.28. The third-order valence-corrected chi connectivity index (χ3v) is 3.67. The fourth-order valence-corrected chi connectivity index (χ4v) is 2.36. The molecule has 1 heterocycles. The molecule has 0 aromatic heterocycles. The van der Waals surface area contributed by atoms with Gasteiger partial charge in [-0.05, 0) is 18.2 Å². The van der Waals surface area contributed by atoms with E-state index < -0.39 is 5.97 Å². The average molecular weight is 326 g/mol. The summed E-state index contributed by atoms with van der Waals surface area (Å²) in [4.78, 5) is 37.4. The van der Waals surface area contributed by atoms with Gasteiger partial charge >= 0.3 is 12.0 Å². The fraction of sp³-hybridized carbons (Fsp3) is 0.357. The first kappa shape index (κ1) is 16.1. The van der Waals surface area contributed by atoms with Crippen molar-refractivity contribution in [1.82, 2.24) is 10.2 Å². The molecule has 2 rings (SSSR count). The Kier molecular flexibility index (Phi) is 4.87. The van der Waals surface area contributed by atoms with Gasteiger partial charge in [-0.15, -0.1) is 0 Å². The maximum absolute atomic E-state index is 12.3. The SMILES string of the molecule is CN(CCC(=O)O)C(=O)c1ccc(Cl)c(N2CCNC2=O)c1. The largest absolute Gasteiger partial charge is 0.481 e. The number of nitrogens with one attached hydrogen (secondary N) is 1. The fourth-order valence-electron chi connectivity index (χ4n) is 2.14. The predicted octanol–water partition coefficient (Wildman–Crippen LogP) is 1.42. The first-order valence-electron chi connectivity index (χ1n) is 6.72. The van der Waals surface area contributed by atoms with Crippen LogP contribution in [0.5, 0.6) is 0 Å². The van der Waals surface area contributed by atoms with E-state index in [1.807, 2.05) is 0 Å². The van der Waals surface area contributed by atoms with Crippen molar-refractivity contribution in [2.75, 3.05) is 31.6 Å². The van der Waals surface area contributed by atoms with E-state index in [4.69, 9.17) is 16.7 Å². The molecular formula is C14H16ClN3O4. The second kappa shape index (κ2) is 6.65. The number of hydrogen-bond acceptors (Lipinski definition) is 3. The molecule has 0 bridgehead atoms. The Labute approximate surface area is 132 Å². The van der Waals surface area contributed by atoms with Crippen LogP contribution in [0.25, 0.3) is 0 Å². The van der Waals surface area contributed by atoms with E-state index in [1.165, 1.54) is 16.8 Å². The zero-order valence-corrected chi connectivity index (χ0v) is 12.8. The first-order chi connectivity index (χ1) is 10.4. The Morgan fingerprint density at radius 3 is 2.77 bits per heavy atom. The van der Waals surface area contributed by atoms with Crippen molar-refractivity contribution < 1.29 is 19.5 Å². The molecule has 0 aliphatic carbocycles. The zero-order chi connectivity index (χ0) is 16.3. The lowest BCUT2D eigenvalue weighted by atomic mass is 10.1. The van der Waals surface area contributed by atoms with E-state index in [2.05, 4.69) is 5.32 Å². The van der Waals surface area contributed by atoms with Crippen molar-refractivity contribution in [2.45, 2.75) is 6.42 Å². The van der Waals surface area contributed by atoms with Crippen LogP contribution >= 0.6 is 11.6 Å². The van der Waals surface area contributed by atoms with E-state index in [9.17, 15) is 14.4 Å². The number of carboxylic acids is 1. The van der Waals surface area contributed by atoms with Gasteiger partial charge in [0.2, 0.25) is 0 Å². The van der Waals surface area contributed by atoms with Crippen LogP contribution in [0.4, 0.5) is 10.5 Å². The van der Waals surface area contributed by atoms with Crippen molar-refractivity contribution in [3.05, 3.63) is 28.8 Å². The van der Waals surface area contributed by atoms with Gasteiger partial charge in [-0.25, -0.2) is 4.79 Å². The molecule has 1 fully saturated rings. The van der Waals surface area contributed by atoms with Crippen molar-refractivity contribution in [1.29, 1.82) is 0 Å². The van der Waals surface area contributed by atoms with E-state index in [-0.39, 0.29) is 24.9 Å². The number of hydrogen-bond donors (Lipinski definition) is 2. The highest BCUT2D eigenvalue weighted by Gasteiger charge is 2.24. The Hall–Kier alpha value is -2.28. The summed E-state index contributed by atoms with van der Waals surface area (Å²) in [6.45, 7) is 1.10. The van der Waals surface area contributed by atoms with E-state index in [0.717, 1.165) is 0 Å². The minimum atomic E-state index is -0.967. The van der Waals surface area contributed by atoms with E-state index in [0.29, 0.717) is 29.4 Å². The third kappa shape index (κ3) is 3.48. The molecule has 22 heavy (non-hydrogen) atoms. The highest BCUT2D eigenvalue weighted by atomic mass is 35.5. The van der Waals surface area contributed by atoms with Crippen LogP contribution in [0.2, 0.25) is 5.02 Å². The Morgan fingerprint density at radius 1 is 1.45 bits per heavy atom. The number of halogens is 1. The Morgan fingerprint density at radius 2 is 2.18 bits per heavy atom. The molecule has 0 saturated carbocycles. The van der Waals surface area contributed by atoms with Gasteiger partial charge in [-0.1, -0.05) is 11.6 Å². The topological polar surface area (TPSA) is 90.0 Å². The number of benzene rings is 1. The molecule has 0 atom stereocenters. The maximum Gasteiger partial charge on any atom is 0.322 e. The Balaban J connectivity index is 2.19. The minimum absolute atomic E-state index is 0.107. The number of nitrogens with zero attached hydrogens (tertiary/aromatic N) is 2. The second-order valence-electron chi connectivity index (χ2n) is 4.92. The molecule has 0 unspecified atom stereocenters. The average Bonchev–Trinajstić information content (AvgIpc) is 2.90. The number of carboxylic acid groups (broad SMARTS) is 1. The molecular weight excluding hydrogens is 310 g/mol. The highest BCUT2D eigenvalue weighted by molar-refractivity contribution is 6.34. The molecule has 1 aliphatic rings. The number of amides is 3. The summed E-state index contributed by atoms with van der Waals surface area (Å²) in [6.07, 6.45) is -0.128. The molecule has 7 nitrogen and oxygen atoms in total. The lowest BCUT2D eigenvalue weighted by molar-refractivity contribution is -0.137. The van der Waals surface area contributed by atoms with Gasteiger partial charge in [0, 0.05) is 32.2 Å². The number of urea groups is 1. The van der Waals surface area contributed by atoms with Crippen molar-refractivity contribution >= 4 is 35.2 Å². The normalized spacial score (nSPS) is 13.9. The number of anilines is 1. The standard InChI is InChI=1S/C14H16ClN3O4/c1-17(6-4-12(19)20)13(21)9-2-3-10(15)11(8-9)18-7-5-16-14(18)22/h2-3,8H,4-7H2,1H3,(H,16,22)(H,19,20). The molecule has 118 valence electrons. The van der Waals surface area contributed by atoms with Crippen LogP contribution in [0, 0.1) is 0 Å². The van der Waals surface area contributed by atoms with Gasteiger partial charge in [-0.3, -0.25) is 14.5 Å². The van der Waals surface area contributed by atoms with Crippen LogP contribution < -0.4 is 10.2 Å². The summed E-state index contributed by atoms with van der Waals surface area (Å²) in [7, 11) is 1.53. The zero-order valence-electron chi connectivity index (χ0n) is 12.0. The molecule has 3 amide bonds. The van der Waals surface area contributed by atoms with Crippen LogP contribution in [0.15, 0.2) is 18.2 Å². The van der Waals surface area contributed by atoms with E-state index >= 15 is 0 Å². The van der Waals surface area contributed by atoms with Crippen LogP contribution in [0.3, 0.4) is 0 Å². The van der Waals surface area contributed by atoms with Crippen LogP contribution in [0.1, 0.15) is 16.8 Å². The number of carbonyl (C=O) groups is 3. The minimum Gasteiger partial charge on any atom is -0.481 e.